The molecule has 6 heteroatoms. The third kappa shape index (κ3) is 4.82. The first-order valence-corrected chi connectivity index (χ1v) is 9.51. The van der Waals surface area contributed by atoms with Gasteiger partial charge < -0.3 is 20.1 Å². The number of carbonyl (C=O) groups excluding carboxylic acids is 1. The second kappa shape index (κ2) is 8.78. The summed E-state index contributed by atoms with van der Waals surface area (Å²) in [6, 6.07) is 12.4. The van der Waals surface area contributed by atoms with Crippen molar-refractivity contribution in [3.05, 3.63) is 53.6 Å². The van der Waals surface area contributed by atoms with Crippen LogP contribution in [0.25, 0.3) is 0 Å². The Hall–Kier alpha value is -3.02. The number of hydrogen-bond acceptors (Lipinski definition) is 4. The van der Waals surface area contributed by atoms with Gasteiger partial charge in [-0.1, -0.05) is 19.1 Å². The molecule has 0 bridgehead atoms. The lowest BCUT2D eigenvalue weighted by Gasteiger charge is -2.33. The number of nitrogens with one attached hydrogen (secondary N) is 1. The number of ether oxygens (including phenoxy) is 1. The van der Waals surface area contributed by atoms with E-state index in [1.54, 1.807) is 31.4 Å². The summed E-state index contributed by atoms with van der Waals surface area (Å²) in [5, 5.41) is 12.4. The fourth-order valence-electron chi connectivity index (χ4n) is 3.56. The maximum absolute atomic E-state index is 12.4. The zero-order valence-electron chi connectivity index (χ0n) is 16.3. The van der Waals surface area contributed by atoms with Crippen molar-refractivity contribution in [2.24, 2.45) is 5.92 Å². The topological polar surface area (TPSA) is 78.9 Å². The first kappa shape index (κ1) is 19.7. The van der Waals surface area contributed by atoms with Crippen molar-refractivity contribution in [2.75, 3.05) is 30.4 Å². The molecule has 0 radical (unpaired) electrons. The van der Waals surface area contributed by atoms with Gasteiger partial charge >= 0.3 is 5.97 Å². The van der Waals surface area contributed by atoms with Crippen LogP contribution in [0.4, 0.5) is 11.4 Å². The predicted octanol–water partition coefficient (Wildman–Crippen LogP) is 3.81. The number of amides is 1. The van der Waals surface area contributed by atoms with Gasteiger partial charge in [0, 0.05) is 18.8 Å². The van der Waals surface area contributed by atoms with Crippen molar-refractivity contribution in [2.45, 2.75) is 26.2 Å². The fourth-order valence-corrected chi connectivity index (χ4v) is 3.56. The second-order valence-electron chi connectivity index (χ2n) is 7.30. The summed E-state index contributed by atoms with van der Waals surface area (Å²) in [5.41, 5.74) is 2.14. The largest absolute Gasteiger partial charge is 0.497 e. The minimum Gasteiger partial charge on any atom is -0.497 e. The molecular weight excluding hydrogens is 356 g/mol. The first-order valence-electron chi connectivity index (χ1n) is 9.51. The molecule has 1 fully saturated rings. The molecule has 6 nitrogen and oxygen atoms in total. The normalized spacial score (nSPS) is 16.5. The van der Waals surface area contributed by atoms with Crippen LogP contribution in [0.2, 0.25) is 0 Å². The third-order valence-corrected chi connectivity index (χ3v) is 5.05. The van der Waals surface area contributed by atoms with Gasteiger partial charge in [0.2, 0.25) is 5.91 Å². The third-order valence-electron chi connectivity index (χ3n) is 5.05. The molecule has 28 heavy (non-hydrogen) atoms. The number of carboxylic acid groups (broad SMARTS) is 1. The molecule has 3 rings (SSSR count). The highest BCUT2D eigenvalue weighted by Gasteiger charge is 2.20. The maximum Gasteiger partial charge on any atom is 0.337 e. The van der Waals surface area contributed by atoms with Gasteiger partial charge in [0.1, 0.15) is 5.75 Å². The minimum atomic E-state index is -1.05. The van der Waals surface area contributed by atoms with Crippen LogP contribution in [-0.2, 0) is 11.2 Å². The second-order valence-corrected chi connectivity index (χ2v) is 7.30. The smallest absolute Gasteiger partial charge is 0.337 e. The SMILES string of the molecule is COc1ccc(CC(=O)Nc2ccc(N3CCC[C@H](C)C3)cc2C(=O)O)cc1. The molecule has 2 aromatic carbocycles. The van der Waals surface area contributed by atoms with E-state index in [2.05, 4.69) is 17.1 Å². The molecule has 1 heterocycles. The minimum absolute atomic E-state index is 0.110. The van der Waals surface area contributed by atoms with Crippen LogP contribution >= 0.6 is 0 Å². The maximum atomic E-state index is 12.4. The van der Waals surface area contributed by atoms with Crippen molar-refractivity contribution in [3.8, 4) is 5.75 Å². The highest BCUT2D eigenvalue weighted by atomic mass is 16.5. The molecule has 0 aromatic heterocycles. The molecule has 2 aromatic rings. The number of piperidine rings is 1. The van der Waals surface area contributed by atoms with E-state index in [-0.39, 0.29) is 17.9 Å². The zero-order chi connectivity index (χ0) is 20.1. The van der Waals surface area contributed by atoms with Crippen molar-refractivity contribution in [1.29, 1.82) is 0 Å². The van der Waals surface area contributed by atoms with Crippen molar-refractivity contribution >= 4 is 23.3 Å². The van der Waals surface area contributed by atoms with Crippen LogP contribution in [0.3, 0.4) is 0 Å². The lowest BCUT2D eigenvalue weighted by Crippen LogP contribution is -2.34. The highest BCUT2D eigenvalue weighted by Crippen LogP contribution is 2.27. The van der Waals surface area contributed by atoms with E-state index in [0.29, 0.717) is 11.6 Å². The van der Waals surface area contributed by atoms with Crippen LogP contribution < -0.4 is 15.0 Å². The number of rotatable bonds is 6. The Kier molecular flexibility index (Phi) is 6.19. The molecule has 0 saturated carbocycles. The lowest BCUT2D eigenvalue weighted by molar-refractivity contribution is -0.115. The molecule has 1 aliphatic heterocycles. The molecule has 0 spiro atoms. The van der Waals surface area contributed by atoms with Gasteiger partial charge in [-0.3, -0.25) is 4.79 Å². The number of anilines is 2. The van der Waals surface area contributed by atoms with Crippen molar-refractivity contribution < 1.29 is 19.4 Å². The van der Waals surface area contributed by atoms with Gasteiger partial charge in [-0.05, 0) is 54.7 Å². The summed E-state index contributed by atoms with van der Waals surface area (Å²) in [6.07, 6.45) is 2.46. The number of carboxylic acids is 1. The summed E-state index contributed by atoms with van der Waals surface area (Å²) in [7, 11) is 1.59. The van der Waals surface area contributed by atoms with Crippen LogP contribution in [0.15, 0.2) is 42.5 Å². The Morgan fingerprint density at radius 1 is 1.21 bits per heavy atom. The summed E-state index contributed by atoms with van der Waals surface area (Å²) in [4.78, 5) is 26.4. The molecule has 148 valence electrons. The number of nitrogens with zero attached hydrogens (tertiary/aromatic N) is 1. The number of aromatic carboxylic acids is 1. The Morgan fingerprint density at radius 3 is 2.61 bits per heavy atom. The molecule has 1 amide bonds. The van der Waals surface area contributed by atoms with E-state index in [9.17, 15) is 14.7 Å². The number of hydrogen-bond donors (Lipinski definition) is 2. The van der Waals surface area contributed by atoms with Gasteiger partial charge in [-0.25, -0.2) is 4.79 Å². The summed E-state index contributed by atoms with van der Waals surface area (Å²) < 4.78 is 5.11. The van der Waals surface area contributed by atoms with Gasteiger partial charge in [-0.15, -0.1) is 0 Å². The van der Waals surface area contributed by atoms with Crippen LogP contribution in [0.5, 0.6) is 5.75 Å². The van der Waals surface area contributed by atoms with Crippen LogP contribution in [-0.4, -0.2) is 37.2 Å². The summed E-state index contributed by atoms with van der Waals surface area (Å²) in [6.45, 7) is 4.05. The molecule has 1 aliphatic rings. The van der Waals surface area contributed by atoms with Gasteiger partial charge in [0.15, 0.2) is 0 Å². The van der Waals surface area contributed by atoms with Crippen LogP contribution in [0.1, 0.15) is 35.7 Å². The monoisotopic (exact) mass is 382 g/mol. The molecule has 1 saturated heterocycles. The molecular formula is C22H26N2O4. The Morgan fingerprint density at radius 2 is 1.96 bits per heavy atom. The van der Waals surface area contributed by atoms with Crippen molar-refractivity contribution in [1.82, 2.24) is 0 Å². The van der Waals surface area contributed by atoms with Gasteiger partial charge in [0.25, 0.3) is 0 Å². The van der Waals surface area contributed by atoms with E-state index in [1.165, 1.54) is 6.42 Å². The molecule has 0 unspecified atom stereocenters. The van der Waals surface area contributed by atoms with E-state index in [1.807, 2.05) is 18.2 Å². The molecule has 1 atom stereocenters. The first-order chi connectivity index (χ1) is 13.5. The summed E-state index contributed by atoms with van der Waals surface area (Å²) >= 11 is 0. The van der Waals surface area contributed by atoms with E-state index in [4.69, 9.17) is 4.74 Å². The van der Waals surface area contributed by atoms with Gasteiger partial charge in [-0.2, -0.15) is 0 Å². The predicted molar refractivity (Wildman–Crippen MR) is 109 cm³/mol. The zero-order valence-corrected chi connectivity index (χ0v) is 16.3. The van der Waals surface area contributed by atoms with E-state index >= 15 is 0 Å². The Balaban J connectivity index is 1.73. The van der Waals surface area contributed by atoms with E-state index in [0.717, 1.165) is 36.5 Å². The number of carbonyl (C=O) groups is 2. The lowest BCUT2D eigenvalue weighted by atomic mass is 9.99. The van der Waals surface area contributed by atoms with E-state index < -0.39 is 5.97 Å². The standard InChI is InChI=1S/C22H26N2O4/c1-15-4-3-11-24(14-15)17-7-10-20(19(13-17)22(26)27)23-21(25)12-16-5-8-18(28-2)9-6-16/h5-10,13,15H,3-4,11-12,14H2,1-2H3,(H,23,25)(H,26,27)/t15-/m0/s1. The molecule has 2 N–H and O–H groups in total. The van der Waals surface area contributed by atoms with Gasteiger partial charge in [0.05, 0.1) is 24.8 Å². The quantitative estimate of drug-likeness (QED) is 0.794. The average molecular weight is 382 g/mol. The summed E-state index contributed by atoms with van der Waals surface area (Å²) in [5.74, 6) is 0.00418. The Labute approximate surface area is 165 Å². The highest BCUT2D eigenvalue weighted by molar-refractivity contribution is 6.01. The average Bonchev–Trinajstić information content (AvgIpc) is 2.68. The molecule has 0 aliphatic carbocycles. The number of methoxy groups -OCH3 is 1. The fraction of sp³-hybridized carbons (Fsp3) is 0.364. The van der Waals surface area contributed by atoms with Crippen molar-refractivity contribution in [3.63, 3.8) is 0 Å². The Bertz CT molecular complexity index is 848. The number of benzene rings is 2. The van der Waals surface area contributed by atoms with Crippen LogP contribution in [0, 0.1) is 5.92 Å².